The Bertz CT molecular complexity index is 443. The fraction of sp³-hybridized carbons (Fsp3) is 0.667. The Hall–Kier alpha value is -1.14. The number of carbonyl (C=O) groups is 1. The van der Waals surface area contributed by atoms with Gasteiger partial charge in [-0.25, -0.2) is 9.78 Å². The second-order valence-corrected chi connectivity index (χ2v) is 5.68. The zero-order chi connectivity index (χ0) is 13.3. The van der Waals surface area contributed by atoms with Gasteiger partial charge in [-0.3, -0.25) is 0 Å². The number of thiazole rings is 1. The van der Waals surface area contributed by atoms with E-state index >= 15 is 0 Å². The standard InChI is InChI=1S/C12H18N2O3S/c1-7(8-4-5-8)14(2)12-13-9(6-17-3)10(18-12)11(15)16/h7-8H,4-6H2,1-3H3,(H,15,16). The van der Waals surface area contributed by atoms with Crippen molar-refractivity contribution in [1.82, 2.24) is 4.98 Å². The van der Waals surface area contributed by atoms with Crippen molar-refractivity contribution in [3.8, 4) is 0 Å². The van der Waals surface area contributed by atoms with Crippen LogP contribution in [-0.4, -0.2) is 36.3 Å². The zero-order valence-electron chi connectivity index (χ0n) is 10.8. The van der Waals surface area contributed by atoms with E-state index in [1.165, 1.54) is 24.2 Å². The van der Waals surface area contributed by atoms with Gasteiger partial charge in [-0.15, -0.1) is 0 Å². The summed E-state index contributed by atoms with van der Waals surface area (Å²) < 4.78 is 4.99. The van der Waals surface area contributed by atoms with E-state index in [9.17, 15) is 4.79 Å². The fourth-order valence-electron chi connectivity index (χ4n) is 1.96. The third kappa shape index (κ3) is 2.64. The molecular formula is C12H18N2O3S. The lowest BCUT2D eigenvalue weighted by atomic mass is 10.2. The van der Waals surface area contributed by atoms with Crippen molar-refractivity contribution in [1.29, 1.82) is 0 Å². The van der Waals surface area contributed by atoms with Gasteiger partial charge in [-0.05, 0) is 25.7 Å². The minimum atomic E-state index is -0.932. The van der Waals surface area contributed by atoms with E-state index in [1.54, 1.807) is 7.11 Å². The highest BCUT2D eigenvalue weighted by atomic mass is 32.1. The molecule has 18 heavy (non-hydrogen) atoms. The molecule has 1 saturated carbocycles. The van der Waals surface area contributed by atoms with E-state index in [0.29, 0.717) is 11.7 Å². The first-order chi connectivity index (χ1) is 8.54. The molecule has 1 aromatic heterocycles. The maximum Gasteiger partial charge on any atom is 0.347 e. The van der Waals surface area contributed by atoms with Gasteiger partial charge in [0.05, 0.1) is 12.3 Å². The van der Waals surface area contributed by atoms with Gasteiger partial charge in [0.25, 0.3) is 0 Å². The molecule has 5 nitrogen and oxygen atoms in total. The topological polar surface area (TPSA) is 62.7 Å². The van der Waals surface area contributed by atoms with Crippen LogP contribution in [0.25, 0.3) is 0 Å². The second-order valence-electron chi connectivity index (χ2n) is 4.70. The minimum Gasteiger partial charge on any atom is -0.477 e. The molecule has 1 aliphatic carbocycles. The number of carboxylic acid groups (broad SMARTS) is 1. The molecule has 0 amide bonds. The maximum atomic E-state index is 11.1. The lowest BCUT2D eigenvalue weighted by molar-refractivity contribution is 0.0697. The van der Waals surface area contributed by atoms with Crippen molar-refractivity contribution in [2.75, 3.05) is 19.1 Å². The van der Waals surface area contributed by atoms with Crippen molar-refractivity contribution in [3.63, 3.8) is 0 Å². The van der Waals surface area contributed by atoms with Gasteiger partial charge in [0.2, 0.25) is 0 Å². The SMILES string of the molecule is COCc1nc(N(C)C(C)C2CC2)sc1C(=O)O. The molecule has 1 N–H and O–H groups in total. The van der Waals surface area contributed by atoms with Gasteiger partial charge in [0, 0.05) is 20.2 Å². The van der Waals surface area contributed by atoms with E-state index in [2.05, 4.69) is 16.8 Å². The molecule has 6 heteroatoms. The molecule has 0 aromatic carbocycles. The summed E-state index contributed by atoms with van der Waals surface area (Å²) in [7, 11) is 3.52. The van der Waals surface area contributed by atoms with Crippen LogP contribution < -0.4 is 4.90 Å². The summed E-state index contributed by atoms with van der Waals surface area (Å²) in [6.07, 6.45) is 2.52. The lowest BCUT2D eigenvalue weighted by Crippen LogP contribution is -2.30. The summed E-state index contributed by atoms with van der Waals surface area (Å²) in [5.74, 6) is -0.212. The summed E-state index contributed by atoms with van der Waals surface area (Å²) in [6, 6.07) is 0.410. The normalized spacial score (nSPS) is 16.6. The van der Waals surface area contributed by atoms with Crippen LogP contribution in [-0.2, 0) is 11.3 Å². The van der Waals surface area contributed by atoms with Gasteiger partial charge < -0.3 is 14.7 Å². The summed E-state index contributed by atoms with van der Waals surface area (Å²) in [5, 5.41) is 9.91. The first-order valence-corrected chi connectivity index (χ1v) is 6.81. The molecule has 1 fully saturated rings. The van der Waals surface area contributed by atoms with Gasteiger partial charge in [0.15, 0.2) is 5.13 Å². The van der Waals surface area contributed by atoms with Gasteiger partial charge in [-0.1, -0.05) is 11.3 Å². The molecule has 1 atom stereocenters. The molecule has 0 aliphatic heterocycles. The number of ether oxygens (including phenoxy) is 1. The van der Waals surface area contributed by atoms with Crippen LogP contribution in [0.15, 0.2) is 0 Å². The fourth-order valence-corrected chi connectivity index (χ4v) is 2.92. The molecule has 0 spiro atoms. The Morgan fingerprint density at radius 3 is 2.83 bits per heavy atom. The highest BCUT2D eigenvalue weighted by Gasteiger charge is 2.32. The molecule has 1 unspecified atom stereocenters. The highest BCUT2D eigenvalue weighted by molar-refractivity contribution is 7.17. The van der Waals surface area contributed by atoms with Crippen molar-refractivity contribution >= 4 is 22.4 Å². The molecule has 1 heterocycles. The Balaban J connectivity index is 2.21. The predicted octanol–water partition coefficient (Wildman–Crippen LogP) is 2.22. The van der Waals surface area contributed by atoms with Crippen LogP contribution in [0.2, 0.25) is 0 Å². The average molecular weight is 270 g/mol. The van der Waals surface area contributed by atoms with E-state index in [0.717, 1.165) is 11.0 Å². The predicted molar refractivity (Wildman–Crippen MR) is 70.4 cm³/mol. The Morgan fingerprint density at radius 2 is 2.33 bits per heavy atom. The van der Waals surface area contributed by atoms with Crippen molar-refractivity contribution in [2.45, 2.75) is 32.4 Å². The van der Waals surface area contributed by atoms with E-state index in [4.69, 9.17) is 9.84 Å². The number of methoxy groups -OCH3 is 1. The average Bonchev–Trinajstić information content (AvgIpc) is 3.09. The molecular weight excluding hydrogens is 252 g/mol. The Labute approximate surface area is 110 Å². The van der Waals surface area contributed by atoms with Crippen LogP contribution in [0.4, 0.5) is 5.13 Å². The molecule has 0 radical (unpaired) electrons. The third-order valence-electron chi connectivity index (χ3n) is 3.38. The van der Waals surface area contributed by atoms with Crippen LogP contribution >= 0.6 is 11.3 Å². The van der Waals surface area contributed by atoms with Crippen LogP contribution in [0.3, 0.4) is 0 Å². The number of nitrogens with zero attached hydrogens (tertiary/aromatic N) is 2. The summed E-state index contributed by atoms with van der Waals surface area (Å²) in [6.45, 7) is 2.40. The van der Waals surface area contributed by atoms with E-state index in [1.807, 2.05) is 7.05 Å². The molecule has 0 saturated heterocycles. The highest BCUT2D eigenvalue weighted by Crippen LogP contribution is 2.37. The Kier molecular flexibility index (Phi) is 3.87. The first kappa shape index (κ1) is 13.3. The largest absolute Gasteiger partial charge is 0.477 e. The molecule has 0 bridgehead atoms. The number of hydrogen-bond acceptors (Lipinski definition) is 5. The second kappa shape index (κ2) is 5.24. The molecule has 1 aliphatic rings. The van der Waals surface area contributed by atoms with Crippen molar-refractivity contribution in [3.05, 3.63) is 10.6 Å². The summed E-state index contributed by atoms with van der Waals surface area (Å²) in [4.78, 5) is 17.9. The number of hydrogen-bond donors (Lipinski definition) is 1. The molecule has 2 rings (SSSR count). The Morgan fingerprint density at radius 1 is 1.67 bits per heavy atom. The smallest absolute Gasteiger partial charge is 0.347 e. The molecule has 100 valence electrons. The van der Waals surface area contributed by atoms with Crippen LogP contribution in [0, 0.1) is 5.92 Å². The quantitative estimate of drug-likeness (QED) is 0.858. The van der Waals surface area contributed by atoms with E-state index in [-0.39, 0.29) is 11.5 Å². The number of rotatable bonds is 6. The van der Waals surface area contributed by atoms with E-state index < -0.39 is 5.97 Å². The third-order valence-corrected chi connectivity index (χ3v) is 4.55. The van der Waals surface area contributed by atoms with Crippen molar-refractivity contribution in [2.24, 2.45) is 5.92 Å². The number of aromatic carboxylic acids is 1. The first-order valence-electron chi connectivity index (χ1n) is 5.99. The minimum absolute atomic E-state index is 0.240. The van der Waals surface area contributed by atoms with Gasteiger partial charge >= 0.3 is 5.97 Å². The van der Waals surface area contributed by atoms with Gasteiger partial charge in [-0.2, -0.15) is 0 Å². The van der Waals surface area contributed by atoms with Crippen molar-refractivity contribution < 1.29 is 14.6 Å². The summed E-state index contributed by atoms with van der Waals surface area (Å²) >= 11 is 1.22. The zero-order valence-corrected chi connectivity index (χ0v) is 11.7. The van der Waals surface area contributed by atoms with Crippen LogP contribution in [0.1, 0.15) is 35.1 Å². The monoisotopic (exact) mass is 270 g/mol. The maximum absolute atomic E-state index is 11.1. The number of anilines is 1. The molecule has 1 aromatic rings. The van der Waals surface area contributed by atoms with Crippen LogP contribution in [0.5, 0.6) is 0 Å². The number of carboxylic acids is 1. The lowest BCUT2D eigenvalue weighted by Gasteiger charge is -2.23. The summed E-state index contributed by atoms with van der Waals surface area (Å²) in [5.41, 5.74) is 0.514. The number of aromatic nitrogens is 1. The van der Waals surface area contributed by atoms with Gasteiger partial charge in [0.1, 0.15) is 4.88 Å².